The molecule has 6 heteroatoms. The molecule has 1 heterocycles. The molecule has 0 aliphatic carbocycles. The molecular weight excluding hydrogens is 232 g/mol. The van der Waals surface area contributed by atoms with Crippen molar-refractivity contribution in [3.63, 3.8) is 0 Å². The van der Waals surface area contributed by atoms with Gasteiger partial charge in [0.15, 0.2) is 0 Å². The van der Waals surface area contributed by atoms with E-state index in [9.17, 15) is 4.79 Å². The Hall–Kier alpha value is -2.50. The van der Waals surface area contributed by atoms with Gasteiger partial charge in [-0.25, -0.2) is 0 Å². The Balaban J connectivity index is 2.36. The van der Waals surface area contributed by atoms with E-state index in [4.69, 9.17) is 10.5 Å². The summed E-state index contributed by atoms with van der Waals surface area (Å²) in [5, 5.41) is 0. The van der Waals surface area contributed by atoms with E-state index in [1.54, 1.807) is 31.2 Å². The molecule has 2 rings (SSSR count). The van der Waals surface area contributed by atoms with Crippen LogP contribution in [0.15, 0.2) is 30.3 Å². The Morgan fingerprint density at radius 1 is 1.22 bits per heavy atom. The molecule has 0 radical (unpaired) electrons. The second-order valence-electron chi connectivity index (χ2n) is 3.43. The number of ether oxygens (including phenoxy) is 1. The summed E-state index contributed by atoms with van der Waals surface area (Å²) in [5.41, 5.74) is 6.00. The van der Waals surface area contributed by atoms with Gasteiger partial charge < -0.3 is 10.5 Å². The normalized spacial score (nSPS) is 10.1. The number of nitrogens with two attached hydrogens (primary N) is 1. The van der Waals surface area contributed by atoms with Crippen molar-refractivity contribution < 1.29 is 9.53 Å². The van der Waals surface area contributed by atoms with Crippen molar-refractivity contribution in [2.45, 2.75) is 6.92 Å². The molecular formula is C12H12N4O2. The maximum atomic E-state index is 12.1. The number of nitrogens with zero attached hydrogens (tertiary/aromatic N) is 3. The zero-order chi connectivity index (χ0) is 13.0. The number of nitrogen functional groups attached to an aromatic ring is 1. The minimum Gasteiger partial charge on any atom is -0.464 e. The van der Waals surface area contributed by atoms with E-state index in [2.05, 4.69) is 15.0 Å². The van der Waals surface area contributed by atoms with Crippen molar-refractivity contribution in [3.05, 3.63) is 41.7 Å². The fourth-order valence-corrected chi connectivity index (χ4v) is 1.39. The van der Waals surface area contributed by atoms with Crippen LogP contribution in [0.1, 0.15) is 23.1 Å². The van der Waals surface area contributed by atoms with Gasteiger partial charge in [0, 0.05) is 5.56 Å². The Kier molecular flexibility index (Phi) is 3.47. The van der Waals surface area contributed by atoms with Crippen molar-refractivity contribution in [3.8, 4) is 6.01 Å². The molecule has 0 spiro atoms. The Morgan fingerprint density at radius 3 is 2.61 bits per heavy atom. The average molecular weight is 244 g/mol. The van der Waals surface area contributed by atoms with Crippen LogP contribution in [-0.4, -0.2) is 27.3 Å². The lowest BCUT2D eigenvalue weighted by molar-refractivity contribution is 0.102. The molecule has 0 aliphatic heterocycles. The Labute approximate surface area is 104 Å². The first-order valence-corrected chi connectivity index (χ1v) is 5.45. The number of benzene rings is 1. The van der Waals surface area contributed by atoms with Crippen LogP contribution in [0.3, 0.4) is 0 Å². The standard InChI is InChI=1S/C12H12N4O2/c1-2-18-12-15-10(14-11(13)16-12)9(17)8-6-4-3-5-7-8/h3-7H,2H2,1H3,(H2,13,14,15,16). The van der Waals surface area contributed by atoms with Crippen LogP contribution in [0.25, 0.3) is 0 Å². The van der Waals surface area contributed by atoms with E-state index in [0.717, 1.165) is 0 Å². The highest BCUT2D eigenvalue weighted by Gasteiger charge is 2.15. The number of carbonyl (C=O) groups excluding carboxylic acids is 1. The van der Waals surface area contributed by atoms with Gasteiger partial charge in [-0.05, 0) is 6.92 Å². The fourth-order valence-electron chi connectivity index (χ4n) is 1.39. The van der Waals surface area contributed by atoms with Gasteiger partial charge in [0.05, 0.1) is 6.61 Å². The number of hydrogen-bond donors (Lipinski definition) is 1. The predicted octanol–water partition coefficient (Wildman–Crippen LogP) is 1.08. The summed E-state index contributed by atoms with van der Waals surface area (Å²) < 4.78 is 5.12. The third kappa shape index (κ3) is 2.60. The van der Waals surface area contributed by atoms with Gasteiger partial charge in [-0.2, -0.15) is 15.0 Å². The monoisotopic (exact) mass is 244 g/mol. The summed E-state index contributed by atoms with van der Waals surface area (Å²) in [6.45, 7) is 2.18. The molecule has 6 nitrogen and oxygen atoms in total. The third-order valence-corrected chi connectivity index (χ3v) is 2.14. The van der Waals surface area contributed by atoms with Crippen LogP contribution in [0, 0.1) is 0 Å². The van der Waals surface area contributed by atoms with Crippen molar-refractivity contribution in [1.82, 2.24) is 15.0 Å². The molecule has 0 saturated heterocycles. The fraction of sp³-hybridized carbons (Fsp3) is 0.167. The number of carbonyl (C=O) groups is 1. The zero-order valence-electron chi connectivity index (χ0n) is 9.83. The number of hydrogen-bond acceptors (Lipinski definition) is 6. The lowest BCUT2D eigenvalue weighted by Crippen LogP contribution is -2.12. The van der Waals surface area contributed by atoms with Gasteiger partial charge >= 0.3 is 6.01 Å². The highest BCUT2D eigenvalue weighted by molar-refractivity contribution is 6.06. The van der Waals surface area contributed by atoms with Gasteiger partial charge in [-0.1, -0.05) is 30.3 Å². The first-order chi connectivity index (χ1) is 8.70. The summed E-state index contributed by atoms with van der Waals surface area (Å²) in [7, 11) is 0. The van der Waals surface area contributed by atoms with Gasteiger partial charge in [0.1, 0.15) is 0 Å². The van der Waals surface area contributed by atoms with E-state index in [1.165, 1.54) is 0 Å². The van der Waals surface area contributed by atoms with Gasteiger partial charge in [-0.3, -0.25) is 4.79 Å². The smallest absolute Gasteiger partial charge is 0.321 e. The molecule has 0 amide bonds. The molecule has 2 aromatic rings. The summed E-state index contributed by atoms with van der Waals surface area (Å²) in [6, 6.07) is 8.78. The van der Waals surface area contributed by atoms with Crippen LogP contribution in [0.4, 0.5) is 5.95 Å². The molecule has 92 valence electrons. The Morgan fingerprint density at radius 2 is 1.94 bits per heavy atom. The van der Waals surface area contributed by atoms with Crippen molar-refractivity contribution in [2.24, 2.45) is 0 Å². The minimum atomic E-state index is -0.314. The van der Waals surface area contributed by atoms with Crippen LogP contribution >= 0.6 is 0 Å². The number of ketones is 1. The molecule has 18 heavy (non-hydrogen) atoms. The molecule has 1 aromatic carbocycles. The summed E-state index contributed by atoms with van der Waals surface area (Å²) in [5.74, 6) is -0.365. The van der Waals surface area contributed by atoms with Gasteiger partial charge in [-0.15, -0.1) is 0 Å². The third-order valence-electron chi connectivity index (χ3n) is 2.14. The first kappa shape index (κ1) is 12.0. The molecule has 0 bridgehead atoms. The van der Waals surface area contributed by atoms with Crippen LogP contribution in [-0.2, 0) is 0 Å². The summed E-state index contributed by atoms with van der Waals surface area (Å²) in [4.78, 5) is 23.6. The topological polar surface area (TPSA) is 91.0 Å². The largest absolute Gasteiger partial charge is 0.464 e. The molecule has 2 N–H and O–H groups in total. The molecule has 0 aliphatic rings. The van der Waals surface area contributed by atoms with Crippen LogP contribution in [0.2, 0.25) is 0 Å². The highest BCUT2D eigenvalue weighted by atomic mass is 16.5. The zero-order valence-corrected chi connectivity index (χ0v) is 9.83. The lowest BCUT2D eigenvalue weighted by Gasteiger charge is -2.04. The van der Waals surface area contributed by atoms with Crippen molar-refractivity contribution in [1.29, 1.82) is 0 Å². The van der Waals surface area contributed by atoms with E-state index in [0.29, 0.717) is 12.2 Å². The molecule has 0 fully saturated rings. The number of anilines is 1. The Bertz CT molecular complexity index is 557. The number of rotatable bonds is 4. The maximum absolute atomic E-state index is 12.1. The molecule has 0 atom stereocenters. The minimum absolute atomic E-state index is 0.0165. The molecule has 0 unspecified atom stereocenters. The highest BCUT2D eigenvalue weighted by Crippen LogP contribution is 2.10. The van der Waals surface area contributed by atoms with Crippen LogP contribution in [0.5, 0.6) is 6.01 Å². The van der Waals surface area contributed by atoms with Crippen molar-refractivity contribution in [2.75, 3.05) is 12.3 Å². The van der Waals surface area contributed by atoms with E-state index in [1.807, 2.05) is 6.07 Å². The van der Waals surface area contributed by atoms with E-state index < -0.39 is 0 Å². The summed E-state index contributed by atoms with van der Waals surface area (Å²) >= 11 is 0. The van der Waals surface area contributed by atoms with Gasteiger partial charge in [0.25, 0.3) is 0 Å². The second-order valence-corrected chi connectivity index (χ2v) is 3.43. The van der Waals surface area contributed by atoms with Crippen molar-refractivity contribution >= 4 is 11.7 Å². The SMILES string of the molecule is CCOc1nc(N)nc(C(=O)c2ccccc2)n1. The van der Waals surface area contributed by atoms with E-state index in [-0.39, 0.29) is 23.6 Å². The second kappa shape index (κ2) is 5.22. The molecule has 1 aromatic heterocycles. The number of aromatic nitrogens is 3. The quantitative estimate of drug-likeness (QED) is 0.809. The average Bonchev–Trinajstić information content (AvgIpc) is 2.38. The van der Waals surface area contributed by atoms with Crippen LogP contribution < -0.4 is 10.5 Å². The first-order valence-electron chi connectivity index (χ1n) is 5.45. The predicted molar refractivity (Wildman–Crippen MR) is 65.3 cm³/mol. The lowest BCUT2D eigenvalue weighted by atomic mass is 10.1. The molecule has 0 saturated carbocycles. The summed E-state index contributed by atoms with van der Waals surface area (Å²) in [6.07, 6.45) is 0. The maximum Gasteiger partial charge on any atom is 0.321 e. The van der Waals surface area contributed by atoms with E-state index >= 15 is 0 Å². The van der Waals surface area contributed by atoms with Gasteiger partial charge in [0.2, 0.25) is 17.6 Å².